The third-order valence-corrected chi connectivity index (χ3v) is 10.8. The molecule has 0 radical (unpaired) electrons. The monoisotopic (exact) mass is 763 g/mol. The highest BCUT2D eigenvalue weighted by Gasteiger charge is 2.55. The molecule has 3 aliphatic carbocycles. The van der Waals surface area contributed by atoms with Gasteiger partial charge in [0.15, 0.2) is 0 Å². The zero-order valence-electron chi connectivity index (χ0n) is 31.2. The van der Waals surface area contributed by atoms with E-state index >= 15 is 0 Å². The Bertz CT molecular complexity index is 2010. The molecule has 0 unspecified atom stereocenters. The van der Waals surface area contributed by atoms with Gasteiger partial charge in [-0.1, -0.05) is 23.8 Å². The summed E-state index contributed by atoms with van der Waals surface area (Å²) in [6.45, 7) is 7.69. The maximum Gasteiger partial charge on any atom is 0.419 e. The van der Waals surface area contributed by atoms with Crippen molar-refractivity contribution in [1.82, 2.24) is 5.32 Å². The van der Waals surface area contributed by atoms with Crippen LogP contribution in [0.15, 0.2) is 66.2 Å². The topological polar surface area (TPSA) is 106 Å². The molecule has 9 nitrogen and oxygen atoms in total. The lowest BCUT2D eigenvalue weighted by Gasteiger charge is -2.31. The van der Waals surface area contributed by atoms with Gasteiger partial charge < -0.3 is 29.7 Å². The Morgan fingerprint density at radius 1 is 0.873 bits per heavy atom. The van der Waals surface area contributed by atoms with Crippen LogP contribution in [0.4, 0.5) is 28.9 Å². The van der Waals surface area contributed by atoms with Crippen LogP contribution < -0.4 is 20.3 Å². The van der Waals surface area contributed by atoms with Crippen molar-refractivity contribution >= 4 is 29.2 Å². The van der Waals surface area contributed by atoms with Gasteiger partial charge in [-0.2, -0.15) is 13.2 Å². The first-order chi connectivity index (χ1) is 26.1. The highest BCUT2D eigenvalue weighted by Crippen LogP contribution is 2.54. The summed E-state index contributed by atoms with van der Waals surface area (Å²) in [7, 11) is 1.45. The average Bonchev–Trinajstić information content (AvgIpc) is 3.82. The van der Waals surface area contributed by atoms with Crippen LogP contribution in [0, 0.1) is 29.5 Å². The number of halogens is 4. The Balaban J connectivity index is 1.19. The van der Waals surface area contributed by atoms with E-state index in [1.807, 2.05) is 12.1 Å². The van der Waals surface area contributed by atoms with E-state index in [4.69, 9.17) is 14.2 Å². The molecule has 2 amide bonds. The van der Waals surface area contributed by atoms with Gasteiger partial charge in [-0.3, -0.25) is 9.59 Å². The predicted octanol–water partition coefficient (Wildman–Crippen LogP) is 8.04. The molecule has 4 atom stereocenters. The minimum Gasteiger partial charge on any atom is -0.496 e. The summed E-state index contributed by atoms with van der Waals surface area (Å²) >= 11 is 0. The molecule has 1 saturated heterocycles. The summed E-state index contributed by atoms with van der Waals surface area (Å²) in [6, 6.07) is 12.4. The quantitative estimate of drug-likeness (QED) is 0.129. The number of esters is 1. The maximum absolute atomic E-state index is 14.3. The number of benzene rings is 3. The Morgan fingerprint density at radius 3 is 2.20 bits per heavy atom. The number of hydrogen-bond donors (Lipinski definition) is 2. The Kier molecular flexibility index (Phi) is 10.4. The third-order valence-electron chi connectivity index (χ3n) is 10.8. The van der Waals surface area contributed by atoms with E-state index in [2.05, 4.69) is 21.6 Å². The summed E-state index contributed by atoms with van der Waals surface area (Å²) in [4.78, 5) is 43.9. The van der Waals surface area contributed by atoms with Crippen LogP contribution in [-0.2, 0) is 20.4 Å². The van der Waals surface area contributed by atoms with Crippen LogP contribution >= 0.6 is 0 Å². The van der Waals surface area contributed by atoms with Crippen molar-refractivity contribution in [1.29, 1.82) is 0 Å². The van der Waals surface area contributed by atoms with Crippen molar-refractivity contribution in [3.05, 3.63) is 88.8 Å². The first-order valence-electron chi connectivity index (χ1n) is 18.7. The number of rotatable bonds is 9. The Hall–Kier alpha value is -4.91. The summed E-state index contributed by atoms with van der Waals surface area (Å²) in [5.41, 5.74) is 1.32. The van der Waals surface area contributed by atoms with Crippen LogP contribution in [0.3, 0.4) is 0 Å². The van der Waals surface area contributed by atoms with E-state index in [9.17, 15) is 31.9 Å². The lowest BCUT2D eigenvalue weighted by Crippen LogP contribution is -2.48. The number of amides is 2. The van der Waals surface area contributed by atoms with Gasteiger partial charge in [0.2, 0.25) is 5.91 Å². The second kappa shape index (κ2) is 15.0. The van der Waals surface area contributed by atoms with E-state index in [1.54, 1.807) is 45.0 Å². The number of nitrogens with one attached hydrogen (secondary N) is 2. The minimum absolute atomic E-state index is 0.137. The van der Waals surface area contributed by atoms with Crippen LogP contribution in [0.5, 0.6) is 5.75 Å². The lowest BCUT2D eigenvalue weighted by molar-refractivity contribution is -0.140. The van der Waals surface area contributed by atoms with Crippen LogP contribution in [0.25, 0.3) is 11.1 Å². The number of fused-ring (bicyclic) bond motifs is 2. The molecule has 0 aromatic heterocycles. The molecule has 3 aromatic carbocycles. The molecule has 1 aliphatic heterocycles. The molecular weight excluding hydrogens is 718 g/mol. The summed E-state index contributed by atoms with van der Waals surface area (Å²) in [6.07, 6.45) is 0.790. The number of alkyl halides is 3. The number of anilines is 2. The molecule has 4 aliphatic rings. The number of nitrogens with zero attached hydrogens (tertiary/aromatic N) is 1. The Labute approximate surface area is 317 Å². The predicted molar refractivity (Wildman–Crippen MR) is 198 cm³/mol. The SMILES string of the molecule is COc1ccc(-c2ccc(N3CCOCC3)c(C(=O)OC(C)(C)C)c2)cc1C(=O)N[C@H]1[C@@H](C(=O)Nc2ccc(F)c(C(F)(F)F)c2)[C@H]2CC[C@@H]1/C2=C\C1CC1. The van der Waals surface area contributed by atoms with Gasteiger partial charge in [0.1, 0.15) is 17.2 Å². The van der Waals surface area contributed by atoms with Crippen molar-refractivity contribution in [3.63, 3.8) is 0 Å². The number of carbonyl (C=O) groups excluding carboxylic acids is 3. The van der Waals surface area contributed by atoms with Crippen LogP contribution in [0.1, 0.15) is 72.7 Å². The number of morpholine rings is 1. The highest BCUT2D eigenvalue weighted by molar-refractivity contribution is 6.01. The zero-order valence-corrected chi connectivity index (χ0v) is 31.2. The fourth-order valence-corrected chi connectivity index (χ4v) is 8.19. The molecule has 55 heavy (non-hydrogen) atoms. The van der Waals surface area contributed by atoms with Crippen LogP contribution in [-0.4, -0.2) is 62.8 Å². The molecule has 2 N–H and O–H groups in total. The van der Waals surface area contributed by atoms with Gasteiger partial charge in [0, 0.05) is 30.7 Å². The fourth-order valence-electron chi connectivity index (χ4n) is 8.19. The normalized spacial score (nSPS) is 23.1. The summed E-state index contributed by atoms with van der Waals surface area (Å²) in [5.74, 6) is -3.37. The minimum atomic E-state index is -4.94. The molecule has 4 fully saturated rings. The lowest BCUT2D eigenvalue weighted by atomic mass is 9.83. The van der Waals surface area contributed by atoms with Crippen molar-refractivity contribution in [2.24, 2.45) is 23.7 Å². The molecule has 3 saturated carbocycles. The molecular formula is C42H45F4N3O6. The van der Waals surface area contributed by atoms with Crippen LogP contribution in [0.2, 0.25) is 0 Å². The number of methoxy groups -OCH3 is 1. The van der Waals surface area contributed by atoms with E-state index in [-0.39, 0.29) is 23.1 Å². The smallest absolute Gasteiger partial charge is 0.419 e. The molecule has 7 rings (SSSR count). The van der Waals surface area contributed by atoms with Crippen molar-refractivity contribution in [3.8, 4) is 16.9 Å². The number of hydrogen-bond acceptors (Lipinski definition) is 7. The third kappa shape index (κ3) is 8.22. The van der Waals surface area contributed by atoms with Gasteiger partial charge in [0.25, 0.3) is 5.91 Å². The van der Waals surface area contributed by atoms with Crippen molar-refractivity contribution in [2.45, 2.75) is 64.3 Å². The van der Waals surface area contributed by atoms with E-state index in [0.29, 0.717) is 73.2 Å². The first-order valence-corrected chi connectivity index (χ1v) is 18.7. The number of carbonyl (C=O) groups is 3. The average molecular weight is 764 g/mol. The summed E-state index contributed by atoms with van der Waals surface area (Å²) < 4.78 is 71.5. The van der Waals surface area contributed by atoms with Gasteiger partial charge in [-0.15, -0.1) is 0 Å². The fraction of sp³-hybridized carbons (Fsp3) is 0.452. The standard InChI is InChI=1S/C42H45F4N3O6/c1-41(2,3)55-40(52)30-20-24(7-13-34(30)49-15-17-54-18-16-49)25-8-14-35(53-4)31(21-25)38(50)48-37-28-11-10-27(29(28)19-23-5-6-23)36(37)39(51)47-26-9-12-33(43)32(22-26)42(44,45)46/h7-9,12-14,19-23,27-28,36-37H,5-6,10-11,15-18H2,1-4H3,(H,47,51)(H,48,50)/b29-19-/t27-,28+,36-,37+/m0/s1. The second-order valence-corrected chi connectivity index (χ2v) is 15.7. The maximum atomic E-state index is 14.3. The Morgan fingerprint density at radius 2 is 1.55 bits per heavy atom. The molecule has 292 valence electrons. The summed E-state index contributed by atoms with van der Waals surface area (Å²) in [5, 5.41) is 5.71. The molecule has 1 heterocycles. The van der Waals surface area contributed by atoms with Gasteiger partial charge in [0.05, 0.1) is 48.6 Å². The van der Waals surface area contributed by atoms with E-state index < -0.39 is 52.9 Å². The van der Waals surface area contributed by atoms with Crippen molar-refractivity contribution < 1.29 is 46.2 Å². The zero-order chi connectivity index (χ0) is 39.2. The second-order valence-electron chi connectivity index (χ2n) is 15.7. The van der Waals surface area contributed by atoms with Gasteiger partial charge in [-0.05, 0) is 112 Å². The van der Waals surface area contributed by atoms with E-state index in [0.717, 1.165) is 36.6 Å². The molecule has 13 heteroatoms. The van der Waals surface area contributed by atoms with Crippen molar-refractivity contribution in [2.75, 3.05) is 43.6 Å². The highest BCUT2D eigenvalue weighted by atomic mass is 19.4. The first kappa shape index (κ1) is 38.4. The van der Waals surface area contributed by atoms with E-state index in [1.165, 1.54) is 7.11 Å². The largest absolute Gasteiger partial charge is 0.496 e. The molecule has 3 aromatic rings. The molecule has 2 bridgehead atoms. The molecule has 0 spiro atoms. The number of ether oxygens (including phenoxy) is 3. The van der Waals surface area contributed by atoms with Gasteiger partial charge in [-0.25, -0.2) is 9.18 Å². The van der Waals surface area contributed by atoms with Gasteiger partial charge >= 0.3 is 12.1 Å². The number of allylic oxidation sites excluding steroid dienone is 1.